The zero-order valence-corrected chi connectivity index (χ0v) is 14.3. The molecule has 22 heavy (non-hydrogen) atoms. The van der Waals surface area contributed by atoms with Gasteiger partial charge in [-0.3, -0.25) is 9.89 Å². The van der Waals surface area contributed by atoms with E-state index < -0.39 is 0 Å². The van der Waals surface area contributed by atoms with E-state index in [0.717, 1.165) is 25.1 Å². The number of nitrogens with zero attached hydrogens (tertiary/aromatic N) is 2. The van der Waals surface area contributed by atoms with Crippen molar-refractivity contribution < 1.29 is 0 Å². The highest BCUT2D eigenvalue weighted by Crippen LogP contribution is 2.26. The third kappa shape index (κ3) is 5.02. The molecule has 4 nitrogen and oxygen atoms in total. The van der Waals surface area contributed by atoms with Gasteiger partial charge < -0.3 is 10.6 Å². The first kappa shape index (κ1) is 16.8. The van der Waals surface area contributed by atoms with Gasteiger partial charge in [-0.25, -0.2) is 0 Å². The molecule has 2 unspecified atom stereocenters. The number of benzene rings is 1. The van der Waals surface area contributed by atoms with Crippen molar-refractivity contribution in [2.24, 2.45) is 4.99 Å². The molecule has 0 spiro atoms. The van der Waals surface area contributed by atoms with Crippen LogP contribution < -0.4 is 10.6 Å². The Labute approximate surface area is 135 Å². The van der Waals surface area contributed by atoms with Crippen molar-refractivity contribution in [1.29, 1.82) is 0 Å². The predicted octanol–water partition coefficient (Wildman–Crippen LogP) is 2.79. The number of aliphatic imine (C=N–C) groups is 1. The Morgan fingerprint density at radius 1 is 1.27 bits per heavy atom. The molecule has 1 aromatic carbocycles. The molecule has 0 saturated heterocycles. The molecule has 0 heterocycles. The molecule has 0 aliphatic heterocycles. The van der Waals surface area contributed by atoms with Gasteiger partial charge in [0.25, 0.3) is 0 Å². The highest BCUT2D eigenvalue weighted by atomic mass is 15.2. The number of rotatable bonds is 7. The van der Waals surface area contributed by atoms with Crippen LogP contribution in [0.5, 0.6) is 0 Å². The molecule has 0 bridgehead atoms. The molecule has 4 heteroatoms. The zero-order valence-electron chi connectivity index (χ0n) is 14.3. The van der Waals surface area contributed by atoms with Gasteiger partial charge in [-0.15, -0.1) is 0 Å². The lowest BCUT2D eigenvalue weighted by atomic mass is 10.1. The van der Waals surface area contributed by atoms with E-state index in [1.54, 1.807) is 0 Å². The van der Waals surface area contributed by atoms with E-state index in [4.69, 9.17) is 4.99 Å². The largest absolute Gasteiger partial charge is 0.357 e. The van der Waals surface area contributed by atoms with Crippen LogP contribution in [0.4, 0.5) is 0 Å². The summed E-state index contributed by atoms with van der Waals surface area (Å²) < 4.78 is 0. The third-order valence-electron chi connectivity index (χ3n) is 4.33. The molecule has 2 atom stereocenters. The van der Waals surface area contributed by atoms with Gasteiger partial charge in [0.1, 0.15) is 0 Å². The Hall–Kier alpha value is -1.55. The summed E-state index contributed by atoms with van der Waals surface area (Å²) >= 11 is 0. The molecule has 0 radical (unpaired) electrons. The standard InChI is InChI=1S/C18H30N4/c1-5-19-18(20-13-14(2)22(4)17-11-12-17)21-15(3)16-9-7-6-8-10-16/h6-10,14-15,17H,5,11-13H2,1-4H3,(H2,19,20,21). The molecular formula is C18H30N4. The zero-order chi connectivity index (χ0) is 15.9. The minimum absolute atomic E-state index is 0.246. The summed E-state index contributed by atoms with van der Waals surface area (Å²) in [5, 5.41) is 6.84. The second-order valence-corrected chi connectivity index (χ2v) is 6.24. The summed E-state index contributed by atoms with van der Waals surface area (Å²) in [7, 11) is 2.21. The lowest BCUT2D eigenvalue weighted by molar-refractivity contribution is 0.253. The molecule has 1 aliphatic rings. The van der Waals surface area contributed by atoms with Crippen LogP contribution in [0.3, 0.4) is 0 Å². The van der Waals surface area contributed by atoms with Crippen LogP contribution in [-0.4, -0.2) is 43.1 Å². The Morgan fingerprint density at radius 3 is 2.55 bits per heavy atom. The fourth-order valence-electron chi connectivity index (χ4n) is 2.54. The first-order valence-electron chi connectivity index (χ1n) is 8.43. The Kier molecular flexibility index (Phi) is 6.25. The summed E-state index contributed by atoms with van der Waals surface area (Å²) in [6.45, 7) is 8.22. The molecule has 0 aromatic heterocycles. The number of nitrogens with one attached hydrogen (secondary N) is 2. The van der Waals surface area contributed by atoms with Crippen LogP contribution in [0.1, 0.15) is 45.2 Å². The molecule has 1 aliphatic carbocycles. The van der Waals surface area contributed by atoms with Gasteiger partial charge in [0.2, 0.25) is 0 Å². The number of hydrogen-bond donors (Lipinski definition) is 2. The van der Waals surface area contributed by atoms with Gasteiger partial charge in [0.05, 0.1) is 12.6 Å². The summed E-state index contributed by atoms with van der Waals surface area (Å²) in [5.41, 5.74) is 1.27. The maximum absolute atomic E-state index is 4.76. The van der Waals surface area contributed by atoms with Crippen molar-refractivity contribution in [3.05, 3.63) is 35.9 Å². The number of hydrogen-bond acceptors (Lipinski definition) is 2. The normalized spacial score (nSPS) is 18.1. The van der Waals surface area contributed by atoms with Crippen molar-refractivity contribution in [1.82, 2.24) is 15.5 Å². The average Bonchev–Trinajstić information content (AvgIpc) is 3.37. The van der Waals surface area contributed by atoms with Crippen LogP contribution in [-0.2, 0) is 0 Å². The van der Waals surface area contributed by atoms with Gasteiger partial charge in [-0.05, 0) is 46.2 Å². The molecule has 1 saturated carbocycles. The lowest BCUT2D eigenvalue weighted by Crippen LogP contribution is -2.40. The first-order valence-corrected chi connectivity index (χ1v) is 8.43. The molecule has 1 fully saturated rings. The highest BCUT2D eigenvalue weighted by Gasteiger charge is 2.28. The van der Waals surface area contributed by atoms with Crippen molar-refractivity contribution in [3.8, 4) is 0 Å². The van der Waals surface area contributed by atoms with E-state index in [2.05, 4.69) is 67.6 Å². The minimum Gasteiger partial charge on any atom is -0.357 e. The maximum atomic E-state index is 4.76. The second kappa shape index (κ2) is 8.18. The van der Waals surface area contributed by atoms with Gasteiger partial charge >= 0.3 is 0 Å². The van der Waals surface area contributed by atoms with Gasteiger partial charge in [-0.1, -0.05) is 30.3 Å². The van der Waals surface area contributed by atoms with Crippen LogP contribution in [0.15, 0.2) is 35.3 Å². The van der Waals surface area contributed by atoms with Crippen molar-refractivity contribution >= 4 is 5.96 Å². The monoisotopic (exact) mass is 302 g/mol. The van der Waals surface area contributed by atoms with Crippen LogP contribution in [0.2, 0.25) is 0 Å². The first-order chi connectivity index (χ1) is 10.6. The molecule has 122 valence electrons. The Balaban J connectivity index is 1.91. The summed E-state index contributed by atoms with van der Waals surface area (Å²) in [5.74, 6) is 0.898. The fourth-order valence-corrected chi connectivity index (χ4v) is 2.54. The van der Waals surface area contributed by atoms with E-state index in [1.807, 2.05) is 6.07 Å². The van der Waals surface area contributed by atoms with Gasteiger partial charge in [0, 0.05) is 18.6 Å². The van der Waals surface area contributed by atoms with E-state index in [1.165, 1.54) is 18.4 Å². The second-order valence-electron chi connectivity index (χ2n) is 6.24. The molecule has 0 amide bonds. The molecule has 1 aromatic rings. The van der Waals surface area contributed by atoms with E-state index in [0.29, 0.717) is 6.04 Å². The smallest absolute Gasteiger partial charge is 0.191 e. The van der Waals surface area contributed by atoms with Crippen LogP contribution >= 0.6 is 0 Å². The third-order valence-corrected chi connectivity index (χ3v) is 4.33. The quantitative estimate of drug-likeness (QED) is 0.601. The van der Waals surface area contributed by atoms with Gasteiger partial charge in [-0.2, -0.15) is 0 Å². The Bertz CT molecular complexity index is 467. The number of likely N-dealkylation sites (N-methyl/N-ethyl adjacent to an activating group) is 1. The lowest BCUT2D eigenvalue weighted by Gasteiger charge is -2.24. The van der Waals surface area contributed by atoms with E-state index in [-0.39, 0.29) is 6.04 Å². The minimum atomic E-state index is 0.246. The molecule has 2 rings (SSSR count). The SMILES string of the molecule is CCNC(=NCC(C)N(C)C1CC1)NC(C)c1ccccc1. The Morgan fingerprint density at radius 2 is 1.95 bits per heavy atom. The molecular weight excluding hydrogens is 272 g/mol. The van der Waals surface area contributed by atoms with Crippen molar-refractivity contribution in [2.45, 2.75) is 51.7 Å². The van der Waals surface area contributed by atoms with Crippen LogP contribution in [0, 0.1) is 0 Å². The highest BCUT2D eigenvalue weighted by molar-refractivity contribution is 5.80. The topological polar surface area (TPSA) is 39.7 Å². The van der Waals surface area contributed by atoms with E-state index >= 15 is 0 Å². The van der Waals surface area contributed by atoms with Crippen molar-refractivity contribution in [2.75, 3.05) is 20.1 Å². The maximum Gasteiger partial charge on any atom is 0.191 e. The predicted molar refractivity (Wildman–Crippen MR) is 94.2 cm³/mol. The molecule has 2 N–H and O–H groups in total. The summed E-state index contributed by atoms with van der Waals surface area (Å²) in [6.07, 6.45) is 2.68. The van der Waals surface area contributed by atoms with E-state index in [9.17, 15) is 0 Å². The van der Waals surface area contributed by atoms with Crippen molar-refractivity contribution in [3.63, 3.8) is 0 Å². The summed E-state index contributed by atoms with van der Waals surface area (Å²) in [4.78, 5) is 7.21. The average molecular weight is 302 g/mol. The summed E-state index contributed by atoms with van der Waals surface area (Å²) in [6, 6.07) is 12.0. The fraction of sp³-hybridized carbons (Fsp3) is 0.611. The van der Waals surface area contributed by atoms with Gasteiger partial charge in [0.15, 0.2) is 5.96 Å². The number of guanidine groups is 1. The van der Waals surface area contributed by atoms with Crippen LogP contribution in [0.25, 0.3) is 0 Å².